The van der Waals surface area contributed by atoms with E-state index >= 15 is 0 Å². The van der Waals surface area contributed by atoms with Gasteiger partial charge < -0.3 is 4.90 Å². The van der Waals surface area contributed by atoms with Crippen LogP contribution in [0.15, 0.2) is 30.5 Å². The molecule has 3 rings (SSSR count). The number of aromatic nitrogens is 1. The van der Waals surface area contributed by atoms with Gasteiger partial charge in [0.1, 0.15) is 24.7 Å². The molecule has 1 aromatic heterocycles. The lowest BCUT2D eigenvalue weighted by molar-refractivity contribution is -0.138. The minimum atomic E-state index is -0.323. The van der Waals surface area contributed by atoms with E-state index < -0.39 is 0 Å². The van der Waals surface area contributed by atoms with Gasteiger partial charge in [-0.2, -0.15) is 0 Å². The molecule has 0 bridgehead atoms. The molecule has 2 aromatic rings. The zero-order chi connectivity index (χ0) is 18.1. The molecule has 0 spiro atoms. The van der Waals surface area contributed by atoms with Crippen molar-refractivity contribution in [3.63, 3.8) is 0 Å². The van der Waals surface area contributed by atoms with E-state index in [0.717, 1.165) is 5.56 Å². The molecule has 0 atom stereocenters. The maximum atomic E-state index is 13.7. The number of hydrogen-bond donors (Lipinski definition) is 0. The molecule has 0 unspecified atom stereocenters. The Morgan fingerprint density at radius 1 is 1.12 bits per heavy atom. The van der Waals surface area contributed by atoms with E-state index in [4.69, 9.17) is 11.6 Å². The van der Waals surface area contributed by atoms with Crippen molar-refractivity contribution in [1.82, 2.24) is 9.88 Å². The Kier molecular flexibility index (Phi) is 4.72. The average Bonchev–Trinajstić information content (AvgIpc) is 2.54. The minimum Gasteiger partial charge on any atom is -0.327 e. The third-order valence-electron chi connectivity index (χ3n) is 4.16. The Bertz CT molecular complexity index is 856. The summed E-state index contributed by atoms with van der Waals surface area (Å²) in [5, 5.41) is 0.472. The number of aryl methyl sites for hydroxylation is 2. The Labute approximate surface area is 150 Å². The van der Waals surface area contributed by atoms with Crippen molar-refractivity contribution in [2.24, 2.45) is 0 Å². The van der Waals surface area contributed by atoms with E-state index in [2.05, 4.69) is 4.98 Å². The van der Waals surface area contributed by atoms with Gasteiger partial charge in [-0.3, -0.25) is 14.5 Å². The lowest BCUT2D eigenvalue weighted by Crippen LogP contribution is -2.54. The van der Waals surface area contributed by atoms with Crippen molar-refractivity contribution in [2.75, 3.05) is 18.0 Å². The molecule has 1 aliphatic heterocycles. The summed E-state index contributed by atoms with van der Waals surface area (Å²) in [6.45, 7) is 3.49. The Morgan fingerprint density at radius 3 is 2.56 bits per heavy atom. The number of rotatable bonds is 3. The van der Waals surface area contributed by atoms with Gasteiger partial charge in [0.2, 0.25) is 11.8 Å². The smallest absolute Gasteiger partial charge is 0.248 e. The lowest BCUT2D eigenvalue weighted by Gasteiger charge is -2.34. The summed E-state index contributed by atoms with van der Waals surface area (Å²) in [5.74, 6) is -0.332. The van der Waals surface area contributed by atoms with E-state index in [1.807, 2.05) is 0 Å². The molecule has 1 saturated heterocycles. The maximum Gasteiger partial charge on any atom is 0.248 e. The second-order valence-electron chi connectivity index (χ2n) is 6.11. The van der Waals surface area contributed by atoms with E-state index in [-0.39, 0.29) is 37.3 Å². The first-order chi connectivity index (χ1) is 11.8. The highest BCUT2D eigenvalue weighted by atomic mass is 35.5. The van der Waals surface area contributed by atoms with E-state index in [0.29, 0.717) is 22.0 Å². The second kappa shape index (κ2) is 6.80. The van der Waals surface area contributed by atoms with Crippen LogP contribution in [0.25, 0.3) is 0 Å². The number of halogens is 2. The van der Waals surface area contributed by atoms with Crippen LogP contribution in [0.4, 0.5) is 10.2 Å². The number of pyridine rings is 1. The monoisotopic (exact) mass is 361 g/mol. The van der Waals surface area contributed by atoms with Crippen LogP contribution in [0.3, 0.4) is 0 Å². The molecule has 1 fully saturated rings. The zero-order valence-corrected chi connectivity index (χ0v) is 14.7. The number of piperazine rings is 1. The minimum absolute atomic E-state index is 0.0714. The predicted molar refractivity (Wildman–Crippen MR) is 92.9 cm³/mol. The fourth-order valence-electron chi connectivity index (χ4n) is 2.77. The molecule has 25 heavy (non-hydrogen) atoms. The van der Waals surface area contributed by atoms with Crippen molar-refractivity contribution in [2.45, 2.75) is 20.4 Å². The lowest BCUT2D eigenvalue weighted by atomic mass is 10.1. The Morgan fingerprint density at radius 2 is 1.88 bits per heavy atom. The Hall–Kier alpha value is -2.47. The molecule has 2 amide bonds. The molecule has 0 radical (unpaired) electrons. The number of benzene rings is 1. The second-order valence-corrected chi connectivity index (χ2v) is 6.54. The number of nitrogens with zero attached hydrogens (tertiary/aromatic N) is 3. The quantitative estimate of drug-likeness (QED) is 0.844. The maximum absolute atomic E-state index is 13.7. The highest BCUT2D eigenvalue weighted by Gasteiger charge is 2.32. The first-order valence-electron chi connectivity index (χ1n) is 7.80. The highest BCUT2D eigenvalue weighted by molar-refractivity contribution is 6.30. The zero-order valence-electron chi connectivity index (χ0n) is 13.9. The van der Waals surface area contributed by atoms with E-state index in [1.165, 1.54) is 22.1 Å². The number of amides is 2. The van der Waals surface area contributed by atoms with Gasteiger partial charge in [0.15, 0.2) is 0 Å². The fourth-order valence-corrected chi connectivity index (χ4v) is 2.98. The molecular formula is C18H17ClFN3O2. The fraction of sp³-hybridized carbons (Fsp3) is 0.278. The van der Waals surface area contributed by atoms with Crippen LogP contribution >= 0.6 is 11.6 Å². The van der Waals surface area contributed by atoms with Crippen LogP contribution < -0.4 is 4.90 Å². The topological polar surface area (TPSA) is 53.5 Å². The van der Waals surface area contributed by atoms with Gasteiger partial charge in [0.25, 0.3) is 0 Å². The van der Waals surface area contributed by atoms with Gasteiger partial charge >= 0.3 is 0 Å². The summed E-state index contributed by atoms with van der Waals surface area (Å²) in [6, 6.07) is 6.51. The van der Waals surface area contributed by atoms with Crippen LogP contribution in [-0.4, -0.2) is 34.8 Å². The SMILES string of the molecule is Cc1ccc(CN2CC(=O)N(c3ncc(Cl)cc3C)CC2=O)cc1F. The van der Waals surface area contributed by atoms with Gasteiger partial charge in [0.05, 0.1) is 5.02 Å². The summed E-state index contributed by atoms with van der Waals surface area (Å²) < 4.78 is 13.7. The first-order valence-corrected chi connectivity index (χ1v) is 8.18. The standard InChI is InChI=1S/C18H17ClFN3O2/c1-11-3-4-13(6-15(11)20)8-22-9-17(25)23(10-16(22)24)18-12(2)5-14(19)7-21-18/h3-7H,8-10H2,1-2H3. The highest BCUT2D eigenvalue weighted by Crippen LogP contribution is 2.23. The number of anilines is 1. The Balaban J connectivity index is 1.76. The summed E-state index contributed by atoms with van der Waals surface area (Å²) in [5.41, 5.74) is 1.92. The van der Waals surface area contributed by atoms with E-state index in [1.54, 1.807) is 32.0 Å². The molecule has 130 valence electrons. The van der Waals surface area contributed by atoms with Crippen LogP contribution in [0.5, 0.6) is 0 Å². The van der Waals surface area contributed by atoms with Crippen LogP contribution in [0.1, 0.15) is 16.7 Å². The van der Waals surface area contributed by atoms with Gasteiger partial charge in [-0.25, -0.2) is 9.37 Å². The van der Waals surface area contributed by atoms with Crippen LogP contribution in [0, 0.1) is 19.7 Å². The largest absolute Gasteiger partial charge is 0.327 e. The summed E-state index contributed by atoms with van der Waals surface area (Å²) in [4.78, 5) is 31.9. The molecule has 2 heterocycles. The van der Waals surface area contributed by atoms with Gasteiger partial charge in [-0.05, 0) is 42.7 Å². The van der Waals surface area contributed by atoms with Gasteiger partial charge in [-0.15, -0.1) is 0 Å². The molecule has 1 aromatic carbocycles. The molecule has 1 aliphatic rings. The summed E-state index contributed by atoms with van der Waals surface area (Å²) in [6.07, 6.45) is 1.45. The van der Waals surface area contributed by atoms with Crippen molar-refractivity contribution in [3.8, 4) is 0 Å². The molecule has 5 nitrogen and oxygen atoms in total. The van der Waals surface area contributed by atoms with Crippen molar-refractivity contribution < 1.29 is 14.0 Å². The number of carbonyl (C=O) groups is 2. The third kappa shape index (κ3) is 3.64. The molecule has 0 N–H and O–H groups in total. The van der Waals surface area contributed by atoms with Crippen molar-refractivity contribution in [3.05, 3.63) is 58.0 Å². The van der Waals surface area contributed by atoms with E-state index in [9.17, 15) is 14.0 Å². The molecule has 0 saturated carbocycles. The van der Waals surface area contributed by atoms with Crippen molar-refractivity contribution in [1.29, 1.82) is 0 Å². The van der Waals surface area contributed by atoms with Gasteiger partial charge in [-0.1, -0.05) is 23.7 Å². The summed E-state index contributed by atoms with van der Waals surface area (Å²) >= 11 is 5.89. The van der Waals surface area contributed by atoms with Crippen molar-refractivity contribution >= 4 is 29.2 Å². The molecular weight excluding hydrogens is 345 g/mol. The molecule has 7 heteroatoms. The average molecular weight is 362 g/mol. The third-order valence-corrected chi connectivity index (χ3v) is 4.36. The molecule has 0 aliphatic carbocycles. The number of hydrogen-bond acceptors (Lipinski definition) is 3. The number of carbonyl (C=O) groups excluding carboxylic acids is 2. The summed E-state index contributed by atoms with van der Waals surface area (Å²) in [7, 11) is 0. The first kappa shape index (κ1) is 17.4. The van der Waals surface area contributed by atoms with Crippen LogP contribution in [-0.2, 0) is 16.1 Å². The normalized spacial score (nSPS) is 15.0. The predicted octanol–water partition coefficient (Wildman–Crippen LogP) is 2.87. The van der Waals surface area contributed by atoms with Gasteiger partial charge in [0, 0.05) is 12.7 Å². The van der Waals surface area contributed by atoms with Crippen LogP contribution in [0.2, 0.25) is 5.02 Å².